The molecule has 0 rings (SSSR count). The third-order valence-electron chi connectivity index (χ3n) is 1.88. The van der Waals surface area contributed by atoms with Crippen molar-refractivity contribution in [2.24, 2.45) is 5.73 Å². The minimum Gasteiger partial charge on any atom is -0.383 e. The highest BCUT2D eigenvalue weighted by Crippen LogP contribution is 2.05. The van der Waals surface area contributed by atoms with Crippen molar-refractivity contribution in [3.63, 3.8) is 0 Å². The van der Waals surface area contributed by atoms with Gasteiger partial charge in [0, 0.05) is 35.7 Å². The summed E-state index contributed by atoms with van der Waals surface area (Å²) in [6, 6.07) is 0. The summed E-state index contributed by atoms with van der Waals surface area (Å²) in [5, 5.41) is 2.11. The quantitative estimate of drug-likeness (QED) is 0.604. The molecule has 0 heterocycles. The van der Waals surface area contributed by atoms with Gasteiger partial charge in [0.15, 0.2) is 0 Å². The first-order valence-electron chi connectivity index (χ1n) is 5.20. The van der Waals surface area contributed by atoms with E-state index in [-0.39, 0.29) is 5.91 Å². The Morgan fingerprint density at radius 3 is 2.56 bits per heavy atom. The van der Waals surface area contributed by atoms with Crippen molar-refractivity contribution in [1.82, 2.24) is 5.32 Å². The van der Waals surface area contributed by atoms with Crippen molar-refractivity contribution in [3.8, 4) is 0 Å². The first-order valence-corrected chi connectivity index (χ1v) is 6.59. The molecule has 0 aromatic rings. The van der Waals surface area contributed by atoms with E-state index < -0.39 is 21.6 Å². The standard InChI is InChI=1S/C10H22N2O3S/c1-8(9(13)12-5-6-15-4)16(14)7-10(2,3)11/h8H,5-7,11H2,1-4H3,(H,12,13). The Morgan fingerprint density at radius 2 is 2.12 bits per heavy atom. The van der Waals surface area contributed by atoms with Gasteiger partial charge in [0.1, 0.15) is 5.25 Å². The Labute approximate surface area is 99.6 Å². The van der Waals surface area contributed by atoms with Gasteiger partial charge in [-0.1, -0.05) is 0 Å². The third-order valence-corrected chi connectivity index (χ3v) is 3.91. The summed E-state index contributed by atoms with van der Waals surface area (Å²) in [5.74, 6) is 0.0888. The van der Waals surface area contributed by atoms with Gasteiger partial charge >= 0.3 is 0 Å². The number of nitrogens with one attached hydrogen (secondary N) is 1. The Hall–Kier alpha value is -0.460. The zero-order valence-electron chi connectivity index (χ0n) is 10.4. The average Bonchev–Trinajstić information content (AvgIpc) is 2.14. The van der Waals surface area contributed by atoms with Crippen molar-refractivity contribution in [1.29, 1.82) is 0 Å². The van der Waals surface area contributed by atoms with Crippen LogP contribution >= 0.6 is 0 Å². The highest BCUT2D eigenvalue weighted by molar-refractivity contribution is 7.86. The van der Waals surface area contributed by atoms with Crippen LogP contribution in [0, 0.1) is 0 Å². The van der Waals surface area contributed by atoms with E-state index in [1.165, 1.54) is 0 Å². The first-order chi connectivity index (χ1) is 7.28. The van der Waals surface area contributed by atoms with Crippen molar-refractivity contribution < 1.29 is 13.7 Å². The molecule has 1 amide bonds. The lowest BCUT2D eigenvalue weighted by Gasteiger charge is -2.20. The van der Waals surface area contributed by atoms with Gasteiger partial charge in [0.05, 0.1) is 6.61 Å². The predicted octanol–water partition coefficient (Wildman–Crippen LogP) is -0.376. The third kappa shape index (κ3) is 6.92. The molecule has 0 saturated carbocycles. The fraction of sp³-hybridized carbons (Fsp3) is 0.900. The van der Waals surface area contributed by atoms with Crippen LogP contribution < -0.4 is 11.1 Å². The molecule has 0 fully saturated rings. The van der Waals surface area contributed by atoms with E-state index in [4.69, 9.17) is 10.5 Å². The highest BCUT2D eigenvalue weighted by atomic mass is 32.2. The molecule has 0 bridgehead atoms. The van der Waals surface area contributed by atoms with E-state index in [0.29, 0.717) is 18.9 Å². The highest BCUT2D eigenvalue weighted by Gasteiger charge is 2.24. The number of ether oxygens (including phenoxy) is 1. The molecule has 0 aromatic heterocycles. The molecular formula is C10H22N2O3S. The number of hydrogen-bond acceptors (Lipinski definition) is 4. The number of methoxy groups -OCH3 is 1. The largest absolute Gasteiger partial charge is 0.383 e. The molecule has 16 heavy (non-hydrogen) atoms. The van der Waals surface area contributed by atoms with E-state index in [1.807, 2.05) is 0 Å². The van der Waals surface area contributed by atoms with Gasteiger partial charge in [0.25, 0.3) is 0 Å². The maximum atomic E-state index is 11.8. The van der Waals surface area contributed by atoms with Gasteiger partial charge in [-0.3, -0.25) is 9.00 Å². The summed E-state index contributed by atoms with van der Waals surface area (Å²) in [7, 11) is 0.313. The molecule has 0 radical (unpaired) electrons. The van der Waals surface area contributed by atoms with Crippen molar-refractivity contribution in [2.45, 2.75) is 31.6 Å². The number of rotatable bonds is 7. The van der Waals surface area contributed by atoms with E-state index in [1.54, 1.807) is 27.9 Å². The summed E-state index contributed by atoms with van der Waals surface area (Å²) in [5.41, 5.74) is 5.23. The van der Waals surface area contributed by atoms with Crippen LogP contribution in [0.1, 0.15) is 20.8 Å². The van der Waals surface area contributed by atoms with Crippen LogP contribution in [0.2, 0.25) is 0 Å². The number of amides is 1. The van der Waals surface area contributed by atoms with Gasteiger partial charge in [-0.05, 0) is 20.8 Å². The fourth-order valence-corrected chi connectivity index (χ4v) is 2.34. The zero-order valence-corrected chi connectivity index (χ0v) is 11.2. The molecule has 0 aliphatic heterocycles. The Balaban J connectivity index is 4.07. The van der Waals surface area contributed by atoms with Crippen LogP contribution in [0.5, 0.6) is 0 Å². The van der Waals surface area contributed by atoms with E-state index in [9.17, 15) is 9.00 Å². The van der Waals surface area contributed by atoms with Crippen LogP contribution in [0.15, 0.2) is 0 Å². The molecular weight excluding hydrogens is 228 g/mol. The van der Waals surface area contributed by atoms with E-state index >= 15 is 0 Å². The second kappa shape index (κ2) is 6.98. The lowest BCUT2D eigenvalue weighted by molar-refractivity contribution is -0.120. The summed E-state index contributed by atoms with van der Waals surface area (Å²) in [6.07, 6.45) is 0. The lowest BCUT2D eigenvalue weighted by Crippen LogP contribution is -2.44. The zero-order chi connectivity index (χ0) is 12.8. The molecule has 0 aliphatic rings. The van der Waals surface area contributed by atoms with Crippen molar-refractivity contribution >= 4 is 16.7 Å². The Morgan fingerprint density at radius 1 is 1.56 bits per heavy atom. The molecule has 0 saturated heterocycles. The summed E-state index contributed by atoms with van der Waals surface area (Å²) in [6.45, 7) is 6.11. The van der Waals surface area contributed by atoms with Crippen molar-refractivity contribution in [2.75, 3.05) is 26.0 Å². The smallest absolute Gasteiger partial charge is 0.235 e. The monoisotopic (exact) mass is 250 g/mol. The number of nitrogens with two attached hydrogens (primary N) is 1. The van der Waals surface area contributed by atoms with Crippen molar-refractivity contribution in [3.05, 3.63) is 0 Å². The number of hydrogen-bond donors (Lipinski definition) is 2. The molecule has 2 unspecified atom stereocenters. The van der Waals surface area contributed by atoms with E-state index in [0.717, 1.165) is 0 Å². The lowest BCUT2D eigenvalue weighted by atomic mass is 10.1. The number of carbonyl (C=O) groups is 1. The Bertz CT molecular complexity index is 251. The van der Waals surface area contributed by atoms with Gasteiger partial charge in [0.2, 0.25) is 5.91 Å². The SMILES string of the molecule is COCCNC(=O)C(C)S(=O)CC(C)(C)N. The van der Waals surface area contributed by atoms with Crippen LogP contribution in [-0.2, 0) is 20.3 Å². The number of carbonyl (C=O) groups excluding carboxylic acids is 1. The molecule has 2 atom stereocenters. The molecule has 96 valence electrons. The molecule has 0 aromatic carbocycles. The molecule has 0 spiro atoms. The summed E-state index contributed by atoms with van der Waals surface area (Å²) >= 11 is 0. The van der Waals surface area contributed by atoms with E-state index in [2.05, 4.69) is 5.32 Å². The molecule has 3 N–H and O–H groups in total. The fourth-order valence-electron chi connectivity index (χ4n) is 1.03. The second-order valence-electron chi connectivity index (χ2n) is 4.44. The summed E-state index contributed by atoms with van der Waals surface area (Å²) < 4.78 is 16.6. The van der Waals surface area contributed by atoms with Crippen LogP contribution in [-0.4, -0.2) is 46.9 Å². The maximum Gasteiger partial charge on any atom is 0.235 e. The van der Waals surface area contributed by atoms with Crippen LogP contribution in [0.4, 0.5) is 0 Å². The van der Waals surface area contributed by atoms with Gasteiger partial charge in [-0.25, -0.2) is 0 Å². The summed E-state index contributed by atoms with van der Waals surface area (Å²) in [4.78, 5) is 11.5. The minimum absolute atomic E-state index is 0.223. The normalized spacial score (nSPS) is 15.6. The van der Waals surface area contributed by atoms with Crippen LogP contribution in [0.3, 0.4) is 0 Å². The van der Waals surface area contributed by atoms with Gasteiger partial charge < -0.3 is 15.8 Å². The van der Waals surface area contributed by atoms with Gasteiger partial charge in [-0.15, -0.1) is 0 Å². The predicted molar refractivity (Wildman–Crippen MR) is 65.6 cm³/mol. The molecule has 6 heteroatoms. The van der Waals surface area contributed by atoms with Crippen LogP contribution in [0.25, 0.3) is 0 Å². The topological polar surface area (TPSA) is 81.4 Å². The average molecular weight is 250 g/mol. The minimum atomic E-state index is -1.25. The second-order valence-corrected chi connectivity index (χ2v) is 6.20. The molecule has 0 aliphatic carbocycles. The maximum absolute atomic E-state index is 11.8. The Kier molecular flexibility index (Phi) is 6.78. The van der Waals surface area contributed by atoms with Gasteiger partial charge in [-0.2, -0.15) is 0 Å². The first kappa shape index (κ1) is 15.5. The molecule has 5 nitrogen and oxygen atoms in total.